The van der Waals surface area contributed by atoms with Crippen molar-refractivity contribution in [3.05, 3.63) is 29.3 Å². The minimum Gasteiger partial charge on any atom is -0.311 e. The van der Waals surface area contributed by atoms with Crippen molar-refractivity contribution in [3.63, 3.8) is 0 Å². The normalized spacial score (nSPS) is 12.7. The molecule has 0 fully saturated rings. The fourth-order valence-electron chi connectivity index (χ4n) is 1.37. The lowest BCUT2D eigenvalue weighted by Gasteiger charge is -2.20. The maximum atomic E-state index is 12.0. The van der Waals surface area contributed by atoms with E-state index in [-0.39, 0.29) is 21.2 Å². The van der Waals surface area contributed by atoms with Gasteiger partial charge in [0.05, 0.1) is 15.7 Å². The smallest absolute Gasteiger partial charge is 0.181 e. The van der Waals surface area contributed by atoms with Crippen LogP contribution in [0.1, 0.15) is 20.8 Å². The second-order valence-corrected chi connectivity index (χ2v) is 7.41. The van der Waals surface area contributed by atoms with Crippen LogP contribution >= 0.6 is 11.6 Å². The zero-order valence-electron chi connectivity index (χ0n) is 10.3. The van der Waals surface area contributed by atoms with Crippen LogP contribution in [0, 0.1) is 0 Å². The SMILES string of the molecule is CC(C)(C)NCCS(=O)(=O)c1ccccc1Cl. The highest BCUT2D eigenvalue weighted by Gasteiger charge is 2.18. The Kier molecular flexibility index (Phi) is 4.58. The first-order valence-corrected chi connectivity index (χ1v) is 7.48. The van der Waals surface area contributed by atoms with E-state index >= 15 is 0 Å². The standard InChI is InChI=1S/C12H18ClNO2S/c1-12(2,3)14-8-9-17(15,16)11-7-5-4-6-10(11)13/h4-7,14H,8-9H2,1-3H3. The molecule has 1 aromatic carbocycles. The Bertz CT molecular complexity index is 478. The van der Waals surface area contributed by atoms with E-state index in [1.165, 1.54) is 6.07 Å². The summed E-state index contributed by atoms with van der Waals surface area (Å²) < 4.78 is 24.0. The number of halogens is 1. The zero-order valence-corrected chi connectivity index (χ0v) is 11.9. The molecule has 0 aliphatic heterocycles. The number of sulfone groups is 1. The highest BCUT2D eigenvalue weighted by Crippen LogP contribution is 2.21. The van der Waals surface area contributed by atoms with Gasteiger partial charge < -0.3 is 5.32 Å². The quantitative estimate of drug-likeness (QED) is 0.918. The largest absolute Gasteiger partial charge is 0.311 e. The summed E-state index contributed by atoms with van der Waals surface area (Å²) in [5, 5.41) is 3.43. The van der Waals surface area contributed by atoms with E-state index in [0.29, 0.717) is 6.54 Å². The van der Waals surface area contributed by atoms with Crippen LogP contribution < -0.4 is 5.32 Å². The van der Waals surface area contributed by atoms with Crippen molar-refractivity contribution in [1.82, 2.24) is 5.32 Å². The third kappa shape index (κ3) is 4.66. The molecule has 0 saturated carbocycles. The van der Waals surface area contributed by atoms with E-state index < -0.39 is 9.84 Å². The molecule has 1 rings (SSSR count). The van der Waals surface area contributed by atoms with Crippen LogP contribution in [0.2, 0.25) is 5.02 Å². The van der Waals surface area contributed by atoms with Crippen LogP contribution in [-0.4, -0.2) is 26.3 Å². The van der Waals surface area contributed by atoms with Gasteiger partial charge in [-0.1, -0.05) is 23.7 Å². The van der Waals surface area contributed by atoms with Crippen LogP contribution in [-0.2, 0) is 9.84 Å². The van der Waals surface area contributed by atoms with Gasteiger partial charge in [-0.25, -0.2) is 8.42 Å². The van der Waals surface area contributed by atoms with Crippen molar-refractivity contribution in [2.75, 3.05) is 12.3 Å². The lowest BCUT2D eigenvalue weighted by atomic mass is 10.1. The average molecular weight is 276 g/mol. The Morgan fingerprint density at radius 2 is 1.82 bits per heavy atom. The van der Waals surface area contributed by atoms with Crippen LogP contribution in [0.25, 0.3) is 0 Å². The molecule has 5 heteroatoms. The molecular weight excluding hydrogens is 258 g/mol. The van der Waals surface area contributed by atoms with E-state index in [2.05, 4.69) is 5.32 Å². The highest BCUT2D eigenvalue weighted by molar-refractivity contribution is 7.91. The molecule has 0 amide bonds. The molecule has 0 aromatic heterocycles. The van der Waals surface area contributed by atoms with Gasteiger partial charge in [0.1, 0.15) is 0 Å². The Morgan fingerprint density at radius 1 is 1.24 bits per heavy atom. The van der Waals surface area contributed by atoms with Gasteiger partial charge in [-0.3, -0.25) is 0 Å². The number of hydrogen-bond donors (Lipinski definition) is 1. The van der Waals surface area contributed by atoms with Crippen LogP contribution in [0.4, 0.5) is 0 Å². The van der Waals surface area contributed by atoms with E-state index in [1.54, 1.807) is 18.2 Å². The van der Waals surface area contributed by atoms with Crippen molar-refractivity contribution in [2.45, 2.75) is 31.2 Å². The predicted molar refractivity (Wildman–Crippen MR) is 71.3 cm³/mol. The predicted octanol–water partition coefficient (Wildman–Crippen LogP) is 2.50. The summed E-state index contributed by atoms with van der Waals surface area (Å²) in [5.74, 6) is 0.0496. The monoisotopic (exact) mass is 275 g/mol. The molecule has 0 radical (unpaired) electrons. The molecule has 0 heterocycles. The third-order valence-corrected chi connectivity index (χ3v) is 4.41. The molecule has 0 saturated heterocycles. The summed E-state index contributed by atoms with van der Waals surface area (Å²) >= 11 is 5.88. The Balaban J connectivity index is 2.74. The number of hydrogen-bond acceptors (Lipinski definition) is 3. The molecule has 17 heavy (non-hydrogen) atoms. The first-order valence-electron chi connectivity index (χ1n) is 5.45. The molecule has 96 valence electrons. The molecule has 0 spiro atoms. The molecule has 1 N–H and O–H groups in total. The minimum absolute atomic E-state index is 0.0496. The Labute approximate surface area is 108 Å². The van der Waals surface area contributed by atoms with Gasteiger partial charge in [0, 0.05) is 12.1 Å². The van der Waals surface area contributed by atoms with Crippen molar-refractivity contribution in [1.29, 1.82) is 0 Å². The molecule has 0 atom stereocenters. The lowest BCUT2D eigenvalue weighted by Crippen LogP contribution is -2.38. The van der Waals surface area contributed by atoms with E-state index in [0.717, 1.165) is 0 Å². The second-order valence-electron chi connectivity index (χ2n) is 4.93. The first-order chi connectivity index (χ1) is 7.72. The zero-order chi connectivity index (χ0) is 13.1. The first kappa shape index (κ1) is 14.5. The summed E-state index contributed by atoms with van der Waals surface area (Å²) in [4.78, 5) is 0.206. The topological polar surface area (TPSA) is 46.2 Å². The van der Waals surface area contributed by atoms with Crippen molar-refractivity contribution >= 4 is 21.4 Å². The molecule has 0 aliphatic rings. The van der Waals surface area contributed by atoms with E-state index in [4.69, 9.17) is 11.6 Å². The Hall–Kier alpha value is -0.580. The van der Waals surface area contributed by atoms with Gasteiger partial charge in [0.15, 0.2) is 9.84 Å². The molecule has 0 unspecified atom stereocenters. The third-order valence-electron chi connectivity index (χ3n) is 2.20. The fourth-order valence-corrected chi connectivity index (χ4v) is 3.10. The van der Waals surface area contributed by atoms with Crippen LogP contribution in [0.5, 0.6) is 0 Å². The fraction of sp³-hybridized carbons (Fsp3) is 0.500. The summed E-state index contributed by atoms with van der Waals surface area (Å²) in [6, 6.07) is 6.52. The summed E-state index contributed by atoms with van der Waals surface area (Å²) in [7, 11) is -3.31. The van der Waals surface area contributed by atoms with Crippen molar-refractivity contribution in [3.8, 4) is 0 Å². The maximum absolute atomic E-state index is 12.0. The number of nitrogens with one attached hydrogen (secondary N) is 1. The lowest BCUT2D eigenvalue weighted by molar-refractivity contribution is 0.439. The minimum atomic E-state index is -3.31. The van der Waals surface area contributed by atoms with Gasteiger partial charge in [-0.05, 0) is 32.9 Å². The highest BCUT2D eigenvalue weighted by atomic mass is 35.5. The van der Waals surface area contributed by atoms with Gasteiger partial charge in [-0.15, -0.1) is 0 Å². The van der Waals surface area contributed by atoms with Crippen molar-refractivity contribution < 1.29 is 8.42 Å². The average Bonchev–Trinajstić information content (AvgIpc) is 2.15. The summed E-state index contributed by atoms with van der Waals surface area (Å²) in [6.45, 7) is 6.40. The number of benzene rings is 1. The van der Waals surface area contributed by atoms with E-state index in [1.807, 2.05) is 20.8 Å². The second kappa shape index (κ2) is 5.38. The van der Waals surface area contributed by atoms with Gasteiger partial charge in [-0.2, -0.15) is 0 Å². The molecule has 0 aliphatic carbocycles. The van der Waals surface area contributed by atoms with Crippen molar-refractivity contribution in [2.24, 2.45) is 0 Å². The molecule has 3 nitrogen and oxygen atoms in total. The van der Waals surface area contributed by atoms with Crippen LogP contribution in [0.3, 0.4) is 0 Å². The molecule has 1 aromatic rings. The van der Waals surface area contributed by atoms with Crippen LogP contribution in [0.15, 0.2) is 29.2 Å². The molecule has 0 bridgehead atoms. The van der Waals surface area contributed by atoms with Gasteiger partial charge in [0.25, 0.3) is 0 Å². The maximum Gasteiger partial charge on any atom is 0.181 e. The number of rotatable bonds is 4. The summed E-state index contributed by atoms with van der Waals surface area (Å²) in [6.07, 6.45) is 0. The Morgan fingerprint density at radius 3 is 2.35 bits per heavy atom. The summed E-state index contributed by atoms with van der Waals surface area (Å²) in [5.41, 5.74) is -0.0873. The molecular formula is C12H18ClNO2S. The van der Waals surface area contributed by atoms with Gasteiger partial charge in [0.2, 0.25) is 0 Å². The van der Waals surface area contributed by atoms with E-state index in [9.17, 15) is 8.42 Å². The van der Waals surface area contributed by atoms with Gasteiger partial charge >= 0.3 is 0 Å².